The number of urea groups is 1. The number of alkyl halides is 1. The quantitative estimate of drug-likeness (QED) is 0.135. The molecule has 0 aromatic rings. The van der Waals surface area contributed by atoms with Gasteiger partial charge < -0.3 is 26.2 Å². The van der Waals surface area contributed by atoms with E-state index in [1.165, 1.54) is 19.9 Å². The Morgan fingerprint density at radius 3 is 2.11 bits per heavy atom. The first-order chi connectivity index (χ1) is 24.8. The molecule has 5 amide bonds. The first kappa shape index (κ1) is 41.1. The molecule has 298 valence electrons. The Morgan fingerprint density at radius 2 is 1.55 bits per heavy atom. The van der Waals surface area contributed by atoms with Crippen molar-refractivity contribution in [1.29, 1.82) is 0 Å². The topological polar surface area (TPSA) is 171 Å². The molecule has 5 rings (SSSR count). The zero-order chi connectivity index (χ0) is 39.0. The molecule has 0 aromatic carbocycles. The van der Waals surface area contributed by atoms with Gasteiger partial charge in [0.15, 0.2) is 9.84 Å². The first-order valence-corrected chi connectivity index (χ1v) is 21.4. The summed E-state index contributed by atoms with van der Waals surface area (Å²) in [6.45, 7) is 11.8. The summed E-state index contributed by atoms with van der Waals surface area (Å²) in [6.07, 6.45) is 10.8. The van der Waals surface area contributed by atoms with Crippen molar-refractivity contribution in [2.45, 2.75) is 147 Å². The number of sulfone groups is 1. The number of rotatable bonds is 16. The van der Waals surface area contributed by atoms with E-state index in [-0.39, 0.29) is 35.6 Å². The van der Waals surface area contributed by atoms with Crippen LogP contribution in [0.2, 0.25) is 0 Å². The van der Waals surface area contributed by atoms with Crippen molar-refractivity contribution >= 4 is 39.4 Å². The van der Waals surface area contributed by atoms with Gasteiger partial charge in [0.25, 0.3) is 5.91 Å². The van der Waals surface area contributed by atoms with Crippen molar-refractivity contribution in [3.63, 3.8) is 0 Å². The van der Waals surface area contributed by atoms with E-state index in [9.17, 15) is 36.8 Å². The Hall–Kier alpha value is -3.03. The van der Waals surface area contributed by atoms with Crippen LogP contribution in [0.15, 0.2) is 12.7 Å². The Balaban J connectivity index is 1.40. The third-order valence-corrected chi connectivity index (χ3v) is 16.0. The van der Waals surface area contributed by atoms with E-state index in [1.54, 1.807) is 4.90 Å². The molecule has 4 saturated carbocycles. The van der Waals surface area contributed by atoms with Gasteiger partial charge in [-0.3, -0.25) is 19.2 Å². The van der Waals surface area contributed by atoms with E-state index in [0.29, 0.717) is 51.5 Å². The van der Waals surface area contributed by atoms with Crippen LogP contribution in [0, 0.1) is 28.6 Å². The van der Waals surface area contributed by atoms with E-state index >= 15 is 0 Å². The molecule has 5 aliphatic rings. The monoisotopic (exact) mass is 763 g/mol. The van der Waals surface area contributed by atoms with E-state index in [0.717, 1.165) is 38.5 Å². The molecule has 53 heavy (non-hydrogen) atoms. The second-order valence-electron chi connectivity index (χ2n) is 18.2. The Labute approximate surface area is 314 Å². The second-order valence-corrected chi connectivity index (χ2v) is 20.9. The zero-order valence-electron chi connectivity index (χ0n) is 32.4. The average molecular weight is 764 g/mol. The molecule has 1 aliphatic heterocycles. The van der Waals surface area contributed by atoms with E-state index in [4.69, 9.17) is 0 Å². The lowest BCUT2D eigenvalue weighted by molar-refractivity contribution is -0.146. The lowest BCUT2D eigenvalue weighted by atomic mass is 9.70. The normalized spacial score (nSPS) is 27.0. The van der Waals surface area contributed by atoms with Crippen LogP contribution in [-0.2, 0) is 29.0 Å². The van der Waals surface area contributed by atoms with Gasteiger partial charge in [-0.2, -0.15) is 0 Å². The van der Waals surface area contributed by atoms with Gasteiger partial charge in [-0.25, -0.2) is 17.6 Å². The van der Waals surface area contributed by atoms with Crippen LogP contribution >= 0.6 is 0 Å². The van der Waals surface area contributed by atoms with Gasteiger partial charge in [0.05, 0.1) is 22.1 Å². The van der Waals surface area contributed by atoms with Gasteiger partial charge in [0.1, 0.15) is 18.8 Å². The number of hydrogen-bond acceptors (Lipinski definition) is 7. The third kappa shape index (κ3) is 8.77. The largest absolute Gasteiger partial charge is 0.346 e. The molecular weight excluding hydrogens is 702 g/mol. The van der Waals surface area contributed by atoms with Gasteiger partial charge in [-0.05, 0) is 74.5 Å². The molecule has 1 saturated heterocycles. The number of piperidine rings is 1. The summed E-state index contributed by atoms with van der Waals surface area (Å²) in [4.78, 5) is 70.8. The summed E-state index contributed by atoms with van der Waals surface area (Å²) >= 11 is 0. The molecule has 0 radical (unpaired) electrons. The van der Waals surface area contributed by atoms with Crippen LogP contribution < -0.4 is 21.3 Å². The Kier molecular flexibility index (Phi) is 12.1. The van der Waals surface area contributed by atoms with Gasteiger partial charge in [-0.15, -0.1) is 6.58 Å². The predicted molar refractivity (Wildman–Crippen MR) is 200 cm³/mol. The molecule has 4 N–H and O–H groups in total. The number of nitrogens with one attached hydrogen (secondary N) is 4. The second kappa shape index (κ2) is 15.6. The highest BCUT2D eigenvalue weighted by Crippen LogP contribution is 2.65. The number of halogens is 1. The highest BCUT2D eigenvalue weighted by molar-refractivity contribution is 7.92. The van der Waals surface area contributed by atoms with Crippen molar-refractivity contribution in [3.8, 4) is 0 Å². The van der Waals surface area contributed by atoms with Crippen LogP contribution in [0.3, 0.4) is 0 Å². The number of carbonyl (C=O) groups is 5. The number of likely N-dealkylation sites (tertiary alicyclic amines) is 1. The molecule has 0 bridgehead atoms. The molecule has 1 heterocycles. The van der Waals surface area contributed by atoms with Crippen molar-refractivity contribution in [3.05, 3.63) is 12.7 Å². The third-order valence-electron chi connectivity index (χ3n) is 13.3. The molecule has 1 unspecified atom stereocenters. The molecule has 5 fully saturated rings. The molecule has 5 atom stereocenters. The van der Waals surface area contributed by atoms with Crippen LogP contribution in [0.4, 0.5) is 9.18 Å². The SMILES string of the molecule is C=CCNC(=O)C(=O)[C@H](CC1CC1)NC(=O)[C@@H]1[C@@H]2C(CN1C(=O)[C@@H](NC(=O)NC1(CS(=O)(=O)C(C)(C)CF)CCCCC1)C1(C)CCCCC1)C2(C)C. The molecule has 12 nitrogen and oxygen atoms in total. The van der Waals surface area contributed by atoms with E-state index in [1.807, 2.05) is 6.92 Å². The van der Waals surface area contributed by atoms with Gasteiger partial charge in [-0.1, -0.05) is 78.2 Å². The number of ketones is 1. The van der Waals surface area contributed by atoms with Crippen LogP contribution in [0.1, 0.15) is 118 Å². The average Bonchev–Trinajstić information content (AvgIpc) is 3.96. The van der Waals surface area contributed by atoms with Crippen LogP contribution in [0.5, 0.6) is 0 Å². The van der Waals surface area contributed by atoms with Gasteiger partial charge >= 0.3 is 6.03 Å². The maximum atomic E-state index is 14.9. The minimum Gasteiger partial charge on any atom is -0.346 e. The van der Waals surface area contributed by atoms with E-state index < -0.39 is 79.7 Å². The fraction of sp³-hybridized carbons (Fsp3) is 0.821. The number of hydrogen-bond donors (Lipinski definition) is 4. The van der Waals surface area contributed by atoms with E-state index in [2.05, 4.69) is 41.7 Å². The van der Waals surface area contributed by atoms with Crippen LogP contribution in [-0.4, -0.2) is 96.8 Å². The summed E-state index contributed by atoms with van der Waals surface area (Å²) < 4.78 is 39.2. The molecule has 4 aliphatic carbocycles. The lowest BCUT2D eigenvalue weighted by Gasteiger charge is -2.44. The first-order valence-electron chi connectivity index (χ1n) is 19.7. The summed E-state index contributed by atoms with van der Waals surface area (Å²) in [5.41, 5.74) is -1.97. The minimum absolute atomic E-state index is 0.0406. The number of Topliss-reactive ketones (excluding diaryl/α,β-unsaturated/α-hetero) is 1. The predicted octanol–water partition coefficient (Wildman–Crippen LogP) is 4.13. The summed E-state index contributed by atoms with van der Waals surface area (Å²) in [5, 5.41) is 11.4. The smallest absolute Gasteiger partial charge is 0.315 e. The molecule has 0 aromatic heterocycles. The number of carbonyl (C=O) groups excluding carboxylic acids is 5. The fourth-order valence-corrected chi connectivity index (χ4v) is 11.0. The number of fused-ring (bicyclic) bond motifs is 1. The van der Waals surface area contributed by atoms with Gasteiger partial charge in [0.2, 0.25) is 17.6 Å². The van der Waals surface area contributed by atoms with Crippen LogP contribution in [0.25, 0.3) is 0 Å². The number of amides is 5. The molecule has 0 spiro atoms. The van der Waals surface area contributed by atoms with Crippen molar-refractivity contribution in [1.82, 2.24) is 26.2 Å². The maximum Gasteiger partial charge on any atom is 0.315 e. The molecular formula is C39H62FN5O7S. The highest BCUT2D eigenvalue weighted by atomic mass is 32.2. The fourth-order valence-electron chi connectivity index (χ4n) is 9.33. The lowest BCUT2D eigenvalue weighted by Crippen LogP contribution is -2.65. The zero-order valence-corrected chi connectivity index (χ0v) is 33.2. The number of nitrogens with zero attached hydrogens (tertiary/aromatic N) is 1. The standard InChI is InChI=1S/C39H62FN5O7S/c1-7-20-41-33(48)30(46)27(21-25-14-15-25)42-32(47)29-28-26(37(28,4)5)22-45(29)34(49)31(38(6)16-10-8-11-17-38)43-35(50)44-39(18-12-9-13-19-39)24-53(51,52)36(2,3)23-40/h7,25-29,31H,1,8-24H2,2-6H3,(H,41,48)(H,42,47)(H2,43,44,50)/t26?,27-,28-,29-,31+/m0/s1. The van der Waals surface area contributed by atoms with Crippen molar-refractivity contribution in [2.24, 2.45) is 28.6 Å². The minimum atomic E-state index is -3.95. The summed E-state index contributed by atoms with van der Waals surface area (Å²) in [7, 11) is -3.95. The highest BCUT2D eigenvalue weighted by Gasteiger charge is 2.70. The summed E-state index contributed by atoms with van der Waals surface area (Å²) in [5.74, 6) is -2.69. The molecule has 14 heteroatoms. The Bertz CT molecular complexity index is 1550. The van der Waals surface area contributed by atoms with Crippen molar-refractivity contribution in [2.75, 3.05) is 25.5 Å². The Morgan fingerprint density at radius 1 is 0.943 bits per heavy atom. The van der Waals surface area contributed by atoms with Gasteiger partial charge in [0, 0.05) is 13.1 Å². The van der Waals surface area contributed by atoms with Crippen molar-refractivity contribution < 1.29 is 36.8 Å². The summed E-state index contributed by atoms with van der Waals surface area (Å²) in [6, 6.07) is -3.59. The maximum absolute atomic E-state index is 14.9.